The number of nitrogens with zero attached hydrogens (tertiary/aromatic N) is 4. The van der Waals surface area contributed by atoms with Crippen molar-refractivity contribution >= 4 is 6.09 Å². The summed E-state index contributed by atoms with van der Waals surface area (Å²) >= 11 is 0. The van der Waals surface area contributed by atoms with E-state index in [-0.39, 0.29) is 12.3 Å². The largest absolute Gasteiger partial charge is 0.465 e. The molecule has 2 fully saturated rings. The van der Waals surface area contributed by atoms with Crippen LogP contribution in [-0.2, 0) is 11.3 Å². The summed E-state index contributed by atoms with van der Waals surface area (Å²) in [5.41, 5.74) is 2.32. The van der Waals surface area contributed by atoms with Crippen molar-refractivity contribution in [2.24, 2.45) is 0 Å². The second-order valence-corrected chi connectivity index (χ2v) is 8.29. The standard InChI is InChI=1S/C20H34N4O4/c1-22(10-11-23(2)20(26)27)13-16-14-24(18-5-3-4-12-28-18)21-19(16)15-6-8-17(25)9-7-15/h14-15,17-18,25H,3-13H2,1-2H3,(H,26,27)/t15?,17?,18-/m1/s1. The highest BCUT2D eigenvalue weighted by molar-refractivity contribution is 5.64. The number of hydrogen-bond acceptors (Lipinski definition) is 5. The van der Waals surface area contributed by atoms with E-state index >= 15 is 0 Å². The van der Waals surface area contributed by atoms with Gasteiger partial charge in [-0.15, -0.1) is 0 Å². The maximum Gasteiger partial charge on any atom is 0.407 e. The summed E-state index contributed by atoms with van der Waals surface area (Å²) in [6.07, 6.45) is 7.88. The highest BCUT2D eigenvalue weighted by Crippen LogP contribution is 2.35. The molecule has 1 aromatic heterocycles. The molecule has 1 aliphatic carbocycles. The lowest BCUT2D eigenvalue weighted by molar-refractivity contribution is -0.0398. The van der Waals surface area contributed by atoms with E-state index in [4.69, 9.17) is 14.9 Å². The molecule has 1 aliphatic heterocycles. The first-order valence-corrected chi connectivity index (χ1v) is 10.4. The summed E-state index contributed by atoms with van der Waals surface area (Å²) in [6.45, 7) is 2.65. The van der Waals surface area contributed by atoms with Crippen LogP contribution >= 0.6 is 0 Å². The highest BCUT2D eigenvalue weighted by Gasteiger charge is 2.27. The molecule has 158 valence electrons. The molecule has 1 aromatic rings. The minimum absolute atomic E-state index is 0.0129. The van der Waals surface area contributed by atoms with Crippen LogP contribution < -0.4 is 0 Å². The minimum atomic E-state index is -0.905. The third kappa shape index (κ3) is 5.46. The predicted molar refractivity (Wildman–Crippen MR) is 105 cm³/mol. The molecule has 0 spiro atoms. The number of rotatable bonds is 7. The first-order chi connectivity index (χ1) is 13.4. The predicted octanol–water partition coefficient (Wildman–Crippen LogP) is 2.64. The van der Waals surface area contributed by atoms with Crippen molar-refractivity contribution < 1.29 is 19.7 Å². The molecule has 0 unspecified atom stereocenters. The molecule has 0 bridgehead atoms. The van der Waals surface area contributed by atoms with Crippen molar-refractivity contribution in [3.63, 3.8) is 0 Å². The molecule has 1 saturated carbocycles. The summed E-state index contributed by atoms with van der Waals surface area (Å²) in [4.78, 5) is 14.4. The van der Waals surface area contributed by atoms with Gasteiger partial charge in [-0.25, -0.2) is 9.48 Å². The Morgan fingerprint density at radius 3 is 2.61 bits per heavy atom. The van der Waals surface area contributed by atoms with Gasteiger partial charge in [-0.1, -0.05) is 0 Å². The molecule has 28 heavy (non-hydrogen) atoms. The summed E-state index contributed by atoms with van der Waals surface area (Å²) < 4.78 is 7.91. The topological polar surface area (TPSA) is 91.1 Å². The van der Waals surface area contributed by atoms with E-state index in [1.807, 2.05) is 11.7 Å². The van der Waals surface area contributed by atoms with Crippen LogP contribution in [0.25, 0.3) is 0 Å². The number of amides is 1. The number of hydrogen-bond donors (Lipinski definition) is 2. The minimum Gasteiger partial charge on any atom is -0.465 e. The van der Waals surface area contributed by atoms with Gasteiger partial charge in [0.25, 0.3) is 0 Å². The van der Waals surface area contributed by atoms with Gasteiger partial charge in [0.1, 0.15) is 6.23 Å². The lowest BCUT2D eigenvalue weighted by Gasteiger charge is -2.26. The van der Waals surface area contributed by atoms with E-state index in [0.717, 1.165) is 63.8 Å². The number of aromatic nitrogens is 2. The lowest BCUT2D eigenvalue weighted by atomic mass is 9.84. The molecule has 0 radical (unpaired) electrons. The number of carboxylic acid groups (broad SMARTS) is 1. The molecule has 2 heterocycles. The highest BCUT2D eigenvalue weighted by atomic mass is 16.5. The van der Waals surface area contributed by atoms with Gasteiger partial charge in [0.15, 0.2) is 0 Å². The fourth-order valence-corrected chi connectivity index (χ4v) is 4.12. The average molecular weight is 395 g/mol. The third-order valence-corrected chi connectivity index (χ3v) is 5.96. The molecule has 1 atom stereocenters. The number of ether oxygens (including phenoxy) is 1. The van der Waals surface area contributed by atoms with Crippen LogP contribution in [0.1, 0.15) is 68.3 Å². The van der Waals surface area contributed by atoms with Gasteiger partial charge in [0.05, 0.1) is 11.8 Å². The van der Waals surface area contributed by atoms with Crippen LogP contribution in [0.2, 0.25) is 0 Å². The van der Waals surface area contributed by atoms with Crippen molar-refractivity contribution in [1.29, 1.82) is 0 Å². The quantitative estimate of drug-likeness (QED) is 0.739. The van der Waals surface area contributed by atoms with Gasteiger partial charge in [-0.05, 0) is 52.0 Å². The summed E-state index contributed by atoms with van der Waals surface area (Å²) in [5.74, 6) is 0.373. The molecular weight excluding hydrogens is 360 g/mol. The van der Waals surface area contributed by atoms with E-state index in [1.54, 1.807) is 7.05 Å². The van der Waals surface area contributed by atoms with E-state index in [9.17, 15) is 9.90 Å². The van der Waals surface area contributed by atoms with Crippen LogP contribution in [-0.4, -0.2) is 75.8 Å². The maximum absolute atomic E-state index is 11.0. The first-order valence-electron chi connectivity index (χ1n) is 10.4. The third-order valence-electron chi connectivity index (χ3n) is 5.96. The molecule has 2 aliphatic rings. The van der Waals surface area contributed by atoms with E-state index in [1.165, 1.54) is 10.5 Å². The van der Waals surface area contributed by atoms with Gasteiger partial charge in [0, 0.05) is 51.0 Å². The van der Waals surface area contributed by atoms with E-state index in [2.05, 4.69) is 11.1 Å². The average Bonchev–Trinajstić information content (AvgIpc) is 3.11. The first kappa shape index (κ1) is 21.1. The van der Waals surface area contributed by atoms with Crippen LogP contribution in [0.3, 0.4) is 0 Å². The smallest absolute Gasteiger partial charge is 0.407 e. The van der Waals surface area contributed by atoms with Gasteiger partial charge in [0.2, 0.25) is 0 Å². The van der Waals surface area contributed by atoms with Crippen molar-refractivity contribution in [2.75, 3.05) is 33.8 Å². The SMILES string of the molecule is CN(CCN(C)C(=O)O)Cc1cn([C@H]2CCCCO2)nc1C1CCC(O)CC1. The monoisotopic (exact) mass is 394 g/mol. The molecule has 1 amide bonds. The lowest BCUT2D eigenvalue weighted by Crippen LogP contribution is -2.33. The Kier molecular flexibility index (Phi) is 7.31. The van der Waals surface area contributed by atoms with Crippen molar-refractivity contribution in [3.05, 3.63) is 17.5 Å². The van der Waals surface area contributed by atoms with Crippen molar-refractivity contribution in [2.45, 2.75) is 69.7 Å². The van der Waals surface area contributed by atoms with Crippen molar-refractivity contribution in [1.82, 2.24) is 19.6 Å². The normalized spacial score (nSPS) is 25.8. The zero-order valence-electron chi connectivity index (χ0n) is 17.1. The molecule has 1 saturated heterocycles. The van der Waals surface area contributed by atoms with Gasteiger partial charge in [-0.2, -0.15) is 5.10 Å². The van der Waals surface area contributed by atoms with E-state index in [0.29, 0.717) is 19.0 Å². The molecule has 8 nitrogen and oxygen atoms in total. The molecule has 0 aromatic carbocycles. The van der Waals surface area contributed by atoms with Crippen LogP contribution in [0.4, 0.5) is 4.79 Å². The Morgan fingerprint density at radius 2 is 1.96 bits per heavy atom. The van der Waals surface area contributed by atoms with E-state index < -0.39 is 6.09 Å². The van der Waals surface area contributed by atoms with Crippen molar-refractivity contribution in [3.8, 4) is 0 Å². The number of likely N-dealkylation sites (N-methyl/N-ethyl adjacent to an activating group) is 2. The Morgan fingerprint density at radius 1 is 1.21 bits per heavy atom. The maximum atomic E-state index is 11.0. The molecule has 2 N–H and O–H groups in total. The van der Waals surface area contributed by atoms with Gasteiger partial charge >= 0.3 is 6.09 Å². The molecular formula is C20H34N4O4. The zero-order chi connectivity index (χ0) is 20.1. The number of carbonyl (C=O) groups is 1. The molecule has 8 heteroatoms. The second kappa shape index (κ2) is 9.71. The molecule has 3 rings (SSSR count). The fourth-order valence-electron chi connectivity index (χ4n) is 4.12. The summed E-state index contributed by atoms with van der Waals surface area (Å²) in [7, 11) is 3.60. The van der Waals surface area contributed by atoms with Gasteiger partial charge < -0.3 is 24.7 Å². The Balaban J connectivity index is 1.71. The van der Waals surface area contributed by atoms with Crippen LogP contribution in [0.5, 0.6) is 0 Å². The zero-order valence-corrected chi connectivity index (χ0v) is 17.1. The number of aliphatic hydroxyl groups is 1. The Hall–Kier alpha value is -1.64. The fraction of sp³-hybridized carbons (Fsp3) is 0.800. The van der Waals surface area contributed by atoms with Crippen LogP contribution in [0, 0.1) is 0 Å². The Bertz CT molecular complexity index is 636. The summed E-state index contributed by atoms with van der Waals surface area (Å²) in [5, 5.41) is 23.8. The van der Waals surface area contributed by atoms with Gasteiger partial charge in [-0.3, -0.25) is 0 Å². The Labute approximate surface area is 167 Å². The number of aliphatic hydroxyl groups excluding tert-OH is 1. The van der Waals surface area contributed by atoms with Crippen LogP contribution in [0.15, 0.2) is 6.20 Å². The second-order valence-electron chi connectivity index (χ2n) is 8.29. The summed E-state index contributed by atoms with van der Waals surface area (Å²) in [6, 6.07) is 0.